The summed E-state index contributed by atoms with van der Waals surface area (Å²) in [4.78, 5) is 22.1. The van der Waals surface area contributed by atoms with Crippen LogP contribution < -0.4 is 15.8 Å². The van der Waals surface area contributed by atoms with Crippen molar-refractivity contribution in [1.82, 2.24) is 30.4 Å². The number of fused-ring (bicyclic) bond motifs is 1. The quantitative estimate of drug-likeness (QED) is 0.362. The molecule has 2 atom stereocenters. The second-order valence-electron chi connectivity index (χ2n) is 8.28. The van der Waals surface area contributed by atoms with Gasteiger partial charge in [0.25, 0.3) is 0 Å². The molecule has 1 aromatic carbocycles. The zero-order valence-electron chi connectivity index (χ0n) is 18.8. The molecule has 4 heterocycles. The third-order valence-corrected chi connectivity index (χ3v) is 6.67. The van der Waals surface area contributed by atoms with Gasteiger partial charge >= 0.3 is 6.03 Å². The molecular weight excluding hydrogens is 489 g/mol. The first-order chi connectivity index (χ1) is 16.9. The van der Waals surface area contributed by atoms with E-state index in [1.807, 2.05) is 37.3 Å². The van der Waals surface area contributed by atoms with E-state index in [1.54, 1.807) is 23.5 Å². The lowest BCUT2D eigenvalue weighted by Gasteiger charge is -2.34. The Morgan fingerprint density at radius 3 is 2.71 bits per heavy atom. The fourth-order valence-corrected chi connectivity index (χ4v) is 5.01. The molecule has 1 aliphatic rings. The SMILES string of the molecule is C[C@@H](Oc1ccc2[nH]nc(-c3ccc(C4CNCCN4C(N)=O)nc3)c2c1)c1c(Cl)cncc1Cl. The number of aromatic amines is 1. The summed E-state index contributed by atoms with van der Waals surface area (Å²) in [5.41, 5.74) is 9.44. The molecule has 1 saturated heterocycles. The number of pyridine rings is 2. The lowest BCUT2D eigenvalue weighted by molar-refractivity contribution is 0.165. The number of aromatic nitrogens is 4. The standard InChI is InChI=1S/C24H23Cl2N7O2/c1-13(22-17(25)10-29-11-18(22)26)35-15-3-5-19-16(8-15)23(32-31-19)14-2-4-20(30-9-14)21-12-28-6-7-33(21)24(27)34/h2-5,8-11,13,21,28H,6-7,12H2,1H3,(H2,27,34)(H,31,32)/t13-,21?/m1/s1. The monoisotopic (exact) mass is 511 g/mol. The average Bonchev–Trinajstić information content (AvgIpc) is 3.27. The highest BCUT2D eigenvalue weighted by Gasteiger charge is 2.27. The molecule has 11 heteroatoms. The number of hydrogen-bond acceptors (Lipinski definition) is 6. The Morgan fingerprint density at radius 1 is 1.20 bits per heavy atom. The van der Waals surface area contributed by atoms with Crippen molar-refractivity contribution in [1.29, 1.82) is 0 Å². The number of rotatable bonds is 5. The Balaban J connectivity index is 1.41. The van der Waals surface area contributed by atoms with E-state index in [0.717, 1.165) is 27.9 Å². The van der Waals surface area contributed by atoms with Crippen LogP contribution in [-0.2, 0) is 0 Å². The molecule has 2 amide bonds. The van der Waals surface area contributed by atoms with Crippen LogP contribution in [0.5, 0.6) is 5.75 Å². The summed E-state index contributed by atoms with van der Waals surface area (Å²) >= 11 is 12.6. The molecule has 4 N–H and O–H groups in total. The van der Waals surface area contributed by atoms with Gasteiger partial charge in [-0.15, -0.1) is 0 Å². The molecule has 0 aliphatic carbocycles. The van der Waals surface area contributed by atoms with Crippen molar-refractivity contribution in [3.05, 3.63) is 70.2 Å². The number of urea groups is 1. The van der Waals surface area contributed by atoms with Crippen molar-refractivity contribution in [3.63, 3.8) is 0 Å². The van der Waals surface area contributed by atoms with E-state index >= 15 is 0 Å². The van der Waals surface area contributed by atoms with E-state index in [1.165, 1.54) is 0 Å². The molecule has 4 aromatic rings. The van der Waals surface area contributed by atoms with E-state index in [0.29, 0.717) is 41.0 Å². The van der Waals surface area contributed by atoms with Gasteiger partial charge in [0.05, 0.1) is 27.3 Å². The largest absolute Gasteiger partial charge is 0.486 e. The summed E-state index contributed by atoms with van der Waals surface area (Å²) in [5, 5.41) is 12.6. The molecule has 1 fully saturated rings. The number of nitrogens with zero attached hydrogens (tertiary/aromatic N) is 4. The van der Waals surface area contributed by atoms with Gasteiger partial charge in [0.15, 0.2) is 0 Å². The minimum absolute atomic E-state index is 0.209. The van der Waals surface area contributed by atoms with Crippen LogP contribution in [0.2, 0.25) is 10.0 Å². The summed E-state index contributed by atoms with van der Waals surface area (Å²) in [6.45, 7) is 3.74. The number of amides is 2. The van der Waals surface area contributed by atoms with Gasteiger partial charge in [-0.25, -0.2) is 4.79 Å². The molecule has 0 saturated carbocycles. The van der Waals surface area contributed by atoms with Crippen LogP contribution >= 0.6 is 23.2 Å². The second-order valence-corrected chi connectivity index (χ2v) is 9.09. The molecule has 0 spiro atoms. The second kappa shape index (κ2) is 9.69. The molecule has 5 rings (SSSR count). The maximum atomic E-state index is 11.8. The summed E-state index contributed by atoms with van der Waals surface area (Å²) < 4.78 is 6.15. The predicted molar refractivity (Wildman–Crippen MR) is 135 cm³/mol. The molecule has 0 bridgehead atoms. The van der Waals surface area contributed by atoms with Crippen molar-refractivity contribution >= 4 is 40.1 Å². The Bertz CT molecular complexity index is 1360. The van der Waals surface area contributed by atoms with Gasteiger partial charge < -0.3 is 20.7 Å². The molecule has 180 valence electrons. The number of nitrogens with two attached hydrogens (primary N) is 1. The summed E-state index contributed by atoms with van der Waals surface area (Å²) in [6.07, 6.45) is 4.46. The number of hydrogen-bond donors (Lipinski definition) is 3. The van der Waals surface area contributed by atoms with Crippen molar-refractivity contribution < 1.29 is 9.53 Å². The minimum Gasteiger partial charge on any atom is -0.486 e. The van der Waals surface area contributed by atoms with Gasteiger partial charge in [-0.3, -0.25) is 15.1 Å². The molecule has 1 aliphatic heterocycles. The molecule has 0 radical (unpaired) electrons. The van der Waals surface area contributed by atoms with Crippen LogP contribution in [0.15, 0.2) is 48.9 Å². The molecule has 9 nitrogen and oxygen atoms in total. The van der Waals surface area contributed by atoms with Gasteiger partial charge in [0.1, 0.15) is 17.5 Å². The number of halogens is 2. The molecule has 3 aromatic heterocycles. The van der Waals surface area contributed by atoms with Crippen LogP contribution in [0.25, 0.3) is 22.2 Å². The third-order valence-electron chi connectivity index (χ3n) is 6.07. The van der Waals surface area contributed by atoms with E-state index in [-0.39, 0.29) is 12.1 Å². The normalized spacial score (nSPS) is 16.9. The van der Waals surface area contributed by atoms with E-state index < -0.39 is 6.03 Å². The number of ether oxygens (including phenoxy) is 1. The Kier molecular flexibility index (Phi) is 6.46. The van der Waals surface area contributed by atoms with E-state index in [9.17, 15) is 4.79 Å². The number of H-pyrrole nitrogens is 1. The molecule has 35 heavy (non-hydrogen) atoms. The minimum atomic E-state index is -0.447. The van der Waals surface area contributed by atoms with Crippen molar-refractivity contribution in [2.24, 2.45) is 5.73 Å². The van der Waals surface area contributed by atoms with Gasteiger partial charge in [0, 0.05) is 54.7 Å². The number of carbonyl (C=O) groups is 1. The molecule has 1 unspecified atom stereocenters. The van der Waals surface area contributed by atoms with Gasteiger partial charge in [-0.1, -0.05) is 23.2 Å². The fraction of sp³-hybridized carbons (Fsp3) is 0.250. The number of nitrogens with one attached hydrogen (secondary N) is 2. The third kappa shape index (κ3) is 4.62. The fourth-order valence-electron chi connectivity index (χ4n) is 4.33. The zero-order valence-corrected chi connectivity index (χ0v) is 20.3. The predicted octanol–water partition coefficient (Wildman–Crippen LogP) is 4.49. The van der Waals surface area contributed by atoms with E-state index in [4.69, 9.17) is 33.7 Å². The first-order valence-electron chi connectivity index (χ1n) is 11.1. The van der Waals surface area contributed by atoms with Crippen LogP contribution in [0.3, 0.4) is 0 Å². The van der Waals surface area contributed by atoms with Crippen molar-refractivity contribution in [2.75, 3.05) is 19.6 Å². The number of primary amides is 1. The van der Waals surface area contributed by atoms with E-state index in [2.05, 4.69) is 25.5 Å². The lowest BCUT2D eigenvalue weighted by atomic mass is 10.1. The maximum Gasteiger partial charge on any atom is 0.315 e. The zero-order chi connectivity index (χ0) is 24.5. The topological polar surface area (TPSA) is 122 Å². The van der Waals surface area contributed by atoms with Crippen LogP contribution in [0, 0.1) is 0 Å². The van der Waals surface area contributed by atoms with Crippen molar-refractivity contribution in [3.8, 4) is 17.0 Å². The van der Waals surface area contributed by atoms with Gasteiger partial charge in [-0.05, 0) is 37.3 Å². The van der Waals surface area contributed by atoms with Crippen LogP contribution in [0.1, 0.15) is 30.3 Å². The summed E-state index contributed by atoms with van der Waals surface area (Å²) in [5.74, 6) is 0.645. The van der Waals surface area contributed by atoms with Crippen LogP contribution in [-0.4, -0.2) is 50.7 Å². The first kappa shape index (κ1) is 23.3. The number of benzene rings is 1. The lowest BCUT2D eigenvalue weighted by Crippen LogP contribution is -2.50. The Morgan fingerprint density at radius 2 is 2.00 bits per heavy atom. The maximum absolute atomic E-state index is 11.8. The highest BCUT2D eigenvalue weighted by Crippen LogP contribution is 2.35. The first-order valence-corrected chi connectivity index (χ1v) is 11.8. The summed E-state index contributed by atoms with van der Waals surface area (Å²) in [7, 11) is 0. The van der Waals surface area contributed by atoms with Gasteiger partial charge in [0.2, 0.25) is 0 Å². The highest BCUT2D eigenvalue weighted by molar-refractivity contribution is 6.35. The van der Waals surface area contributed by atoms with Gasteiger partial charge in [-0.2, -0.15) is 5.10 Å². The van der Waals surface area contributed by atoms with Crippen molar-refractivity contribution in [2.45, 2.75) is 19.1 Å². The number of carbonyl (C=O) groups excluding carboxylic acids is 1. The van der Waals surface area contributed by atoms with Crippen LogP contribution in [0.4, 0.5) is 4.79 Å². The average molecular weight is 512 g/mol. The smallest absolute Gasteiger partial charge is 0.315 e. The Labute approximate surface area is 211 Å². The molecular formula is C24H23Cl2N7O2. The number of piperazine rings is 1. The summed E-state index contributed by atoms with van der Waals surface area (Å²) in [6, 6.07) is 8.87. The highest BCUT2D eigenvalue weighted by atomic mass is 35.5. The Hall–Kier alpha value is -3.40.